The van der Waals surface area contributed by atoms with Crippen LogP contribution in [0.2, 0.25) is 0 Å². The van der Waals surface area contributed by atoms with Crippen molar-refractivity contribution >= 4 is 27.5 Å². The zero-order chi connectivity index (χ0) is 15.5. The van der Waals surface area contributed by atoms with Crippen molar-refractivity contribution in [3.63, 3.8) is 0 Å². The van der Waals surface area contributed by atoms with Crippen molar-refractivity contribution in [1.82, 2.24) is 4.90 Å². The molecule has 2 aromatic rings. The Labute approximate surface area is 137 Å². The van der Waals surface area contributed by atoms with Gasteiger partial charge in [-0.25, -0.2) is 4.39 Å². The minimum atomic E-state index is -0.232. The lowest BCUT2D eigenvalue weighted by Gasteiger charge is -2.36. The predicted molar refractivity (Wildman–Crippen MR) is 88.7 cm³/mol. The minimum absolute atomic E-state index is 0.0337. The molecule has 0 unspecified atom stereocenters. The summed E-state index contributed by atoms with van der Waals surface area (Å²) in [5, 5.41) is 0. The number of benzene rings is 2. The third-order valence-electron chi connectivity index (χ3n) is 3.84. The highest BCUT2D eigenvalue weighted by Crippen LogP contribution is 2.21. The zero-order valence-corrected chi connectivity index (χ0v) is 13.6. The fourth-order valence-corrected chi connectivity index (χ4v) is 3.10. The Morgan fingerprint density at radius 1 is 1.00 bits per heavy atom. The summed E-state index contributed by atoms with van der Waals surface area (Å²) in [4.78, 5) is 16.5. The molecule has 1 amide bonds. The van der Waals surface area contributed by atoms with E-state index in [1.807, 2.05) is 35.2 Å². The molecule has 3 rings (SSSR count). The smallest absolute Gasteiger partial charge is 0.255 e. The Bertz CT molecular complexity index is 684. The quantitative estimate of drug-likeness (QED) is 0.815. The van der Waals surface area contributed by atoms with Crippen LogP contribution in [-0.2, 0) is 0 Å². The van der Waals surface area contributed by atoms with E-state index >= 15 is 0 Å². The van der Waals surface area contributed by atoms with Crippen LogP contribution in [0.3, 0.4) is 0 Å². The van der Waals surface area contributed by atoms with Gasteiger partial charge in [0.15, 0.2) is 0 Å². The van der Waals surface area contributed by atoms with Crippen LogP contribution in [0.25, 0.3) is 0 Å². The molecular weight excluding hydrogens is 347 g/mol. The molecule has 0 N–H and O–H groups in total. The van der Waals surface area contributed by atoms with E-state index in [0.29, 0.717) is 31.7 Å². The van der Waals surface area contributed by atoms with Gasteiger partial charge in [0.2, 0.25) is 0 Å². The number of carbonyl (C=O) groups excluding carboxylic acids is 1. The summed E-state index contributed by atoms with van der Waals surface area (Å²) < 4.78 is 14.1. The molecule has 3 nitrogen and oxygen atoms in total. The van der Waals surface area contributed by atoms with Gasteiger partial charge in [-0.2, -0.15) is 0 Å². The number of hydrogen-bond acceptors (Lipinski definition) is 2. The molecule has 22 heavy (non-hydrogen) atoms. The van der Waals surface area contributed by atoms with E-state index in [2.05, 4.69) is 20.8 Å². The second-order valence-corrected chi connectivity index (χ2v) is 6.09. The third kappa shape index (κ3) is 3.14. The maximum absolute atomic E-state index is 13.3. The van der Waals surface area contributed by atoms with Crippen LogP contribution in [0.4, 0.5) is 10.1 Å². The minimum Gasteiger partial charge on any atom is -0.368 e. The van der Waals surface area contributed by atoms with Crippen LogP contribution in [0, 0.1) is 5.82 Å². The highest BCUT2D eigenvalue weighted by atomic mass is 79.9. The molecule has 0 atom stereocenters. The molecule has 0 aromatic heterocycles. The maximum Gasteiger partial charge on any atom is 0.255 e. The number of amides is 1. The van der Waals surface area contributed by atoms with E-state index in [1.165, 1.54) is 12.1 Å². The summed E-state index contributed by atoms with van der Waals surface area (Å²) in [6.45, 7) is 2.69. The fraction of sp³-hybridized carbons (Fsp3) is 0.235. The molecule has 0 aliphatic carbocycles. The number of anilines is 1. The molecule has 0 spiro atoms. The summed E-state index contributed by atoms with van der Waals surface area (Å²) in [6.07, 6.45) is 0. The predicted octanol–water partition coefficient (Wildman–Crippen LogP) is 3.55. The highest BCUT2D eigenvalue weighted by Gasteiger charge is 2.23. The van der Waals surface area contributed by atoms with Crippen LogP contribution in [0.15, 0.2) is 53.0 Å². The van der Waals surface area contributed by atoms with Crippen molar-refractivity contribution in [2.45, 2.75) is 0 Å². The number of hydrogen-bond donors (Lipinski definition) is 0. The number of carbonyl (C=O) groups is 1. The summed E-state index contributed by atoms with van der Waals surface area (Å²) in [5.74, 6) is -0.199. The third-order valence-corrected chi connectivity index (χ3v) is 4.54. The Kier molecular flexibility index (Phi) is 4.43. The standard InChI is InChI=1S/C17H16BrFN2O/c18-16-7-2-1-6-15(16)17(22)21-10-8-20(9-11-21)14-5-3-4-13(19)12-14/h1-7,12H,8-11H2. The van der Waals surface area contributed by atoms with Gasteiger partial charge in [0, 0.05) is 36.3 Å². The van der Waals surface area contributed by atoms with Gasteiger partial charge in [0.25, 0.3) is 5.91 Å². The Morgan fingerprint density at radius 2 is 1.73 bits per heavy atom. The van der Waals surface area contributed by atoms with E-state index in [1.54, 1.807) is 6.07 Å². The van der Waals surface area contributed by atoms with Crippen molar-refractivity contribution in [3.8, 4) is 0 Å². The molecule has 1 saturated heterocycles. The van der Waals surface area contributed by atoms with Crippen molar-refractivity contribution in [3.05, 3.63) is 64.4 Å². The molecule has 0 radical (unpaired) electrons. The van der Waals surface area contributed by atoms with Crippen molar-refractivity contribution in [1.29, 1.82) is 0 Å². The Hall–Kier alpha value is -1.88. The van der Waals surface area contributed by atoms with Crippen molar-refractivity contribution < 1.29 is 9.18 Å². The molecule has 1 aliphatic rings. The van der Waals surface area contributed by atoms with Crippen LogP contribution < -0.4 is 4.90 Å². The summed E-state index contributed by atoms with van der Waals surface area (Å²) in [5.41, 5.74) is 1.55. The molecule has 5 heteroatoms. The van der Waals surface area contributed by atoms with Gasteiger partial charge >= 0.3 is 0 Å². The van der Waals surface area contributed by atoms with Crippen molar-refractivity contribution in [2.24, 2.45) is 0 Å². The van der Waals surface area contributed by atoms with Crippen molar-refractivity contribution in [2.75, 3.05) is 31.1 Å². The van der Waals surface area contributed by atoms with Gasteiger partial charge in [0.05, 0.1) is 5.56 Å². The van der Waals surface area contributed by atoms with Crippen LogP contribution in [-0.4, -0.2) is 37.0 Å². The monoisotopic (exact) mass is 362 g/mol. The molecular formula is C17H16BrFN2O. The van der Waals surface area contributed by atoms with E-state index in [9.17, 15) is 9.18 Å². The second kappa shape index (κ2) is 6.48. The van der Waals surface area contributed by atoms with Gasteiger partial charge in [-0.1, -0.05) is 18.2 Å². The molecule has 1 aliphatic heterocycles. The number of nitrogens with zero attached hydrogens (tertiary/aromatic N) is 2. The van der Waals surface area contributed by atoms with E-state index in [-0.39, 0.29) is 11.7 Å². The Morgan fingerprint density at radius 3 is 2.41 bits per heavy atom. The summed E-state index contributed by atoms with van der Waals surface area (Å²) in [6, 6.07) is 14.0. The number of halogens is 2. The SMILES string of the molecule is O=C(c1ccccc1Br)N1CCN(c2cccc(F)c2)CC1. The molecule has 0 saturated carbocycles. The molecule has 2 aromatic carbocycles. The normalized spacial score (nSPS) is 15.0. The molecule has 1 heterocycles. The first-order chi connectivity index (χ1) is 10.6. The lowest BCUT2D eigenvalue weighted by molar-refractivity contribution is 0.0746. The Balaban J connectivity index is 1.67. The van der Waals surface area contributed by atoms with Crippen LogP contribution in [0.5, 0.6) is 0 Å². The lowest BCUT2D eigenvalue weighted by Crippen LogP contribution is -2.48. The number of rotatable bonds is 2. The molecule has 0 bridgehead atoms. The van der Waals surface area contributed by atoms with Crippen LogP contribution >= 0.6 is 15.9 Å². The topological polar surface area (TPSA) is 23.6 Å². The highest BCUT2D eigenvalue weighted by molar-refractivity contribution is 9.10. The van der Waals surface area contributed by atoms with E-state index < -0.39 is 0 Å². The molecule has 114 valence electrons. The first-order valence-corrected chi connectivity index (χ1v) is 7.99. The number of piperazine rings is 1. The van der Waals surface area contributed by atoms with E-state index in [0.717, 1.165) is 10.2 Å². The van der Waals surface area contributed by atoms with Gasteiger partial charge in [-0.15, -0.1) is 0 Å². The van der Waals surface area contributed by atoms with Gasteiger partial charge in [-0.3, -0.25) is 4.79 Å². The average molecular weight is 363 g/mol. The summed E-state index contributed by atoms with van der Waals surface area (Å²) in [7, 11) is 0. The van der Waals surface area contributed by atoms with E-state index in [4.69, 9.17) is 0 Å². The molecule has 1 fully saturated rings. The fourth-order valence-electron chi connectivity index (χ4n) is 2.65. The lowest BCUT2D eigenvalue weighted by atomic mass is 10.1. The van der Waals surface area contributed by atoms with Gasteiger partial charge < -0.3 is 9.80 Å². The average Bonchev–Trinajstić information content (AvgIpc) is 2.55. The largest absolute Gasteiger partial charge is 0.368 e. The first kappa shape index (κ1) is 15.0. The zero-order valence-electron chi connectivity index (χ0n) is 12.0. The maximum atomic E-state index is 13.3. The van der Waals surface area contributed by atoms with Crippen LogP contribution in [0.1, 0.15) is 10.4 Å². The second-order valence-electron chi connectivity index (χ2n) is 5.24. The van der Waals surface area contributed by atoms with Gasteiger partial charge in [0.1, 0.15) is 5.82 Å². The first-order valence-electron chi connectivity index (χ1n) is 7.19. The van der Waals surface area contributed by atoms with Gasteiger partial charge in [-0.05, 0) is 46.3 Å². The summed E-state index contributed by atoms with van der Waals surface area (Å²) >= 11 is 3.42.